The molecule has 0 amide bonds. The van der Waals surface area contributed by atoms with Crippen LogP contribution in [0.5, 0.6) is 0 Å². The second kappa shape index (κ2) is 2.69. The standard InChI is InChI=1S/C12H16N/c1-12(2,3)10-6-7-11-5-4-8-13(11)9-10/h4-9,11H,1-3H3/q+1. The average molecular weight is 174 g/mol. The Hall–Kier alpha value is -1.11. The summed E-state index contributed by atoms with van der Waals surface area (Å²) in [5.74, 6) is 0. The van der Waals surface area contributed by atoms with Crippen molar-refractivity contribution in [3.8, 4) is 0 Å². The largest absolute Gasteiger partial charge is 0.196 e. The maximum Gasteiger partial charge on any atom is 0.196 e. The third-order valence-electron chi connectivity index (χ3n) is 2.54. The maximum absolute atomic E-state index is 2.25. The molecule has 2 rings (SSSR count). The summed E-state index contributed by atoms with van der Waals surface area (Å²) in [5, 5.41) is 0. The van der Waals surface area contributed by atoms with Crippen molar-refractivity contribution in [2.45, 2.75) is 26.8 Å². The SMILES string of the molecule is CC(C)(C)C1=C[N+]2=CC=CC2C=C1. The van der Waals surface area contributed by atoms with Crippen LogP contribution >= 0.6 is 0 Å². The quantitative estimate of drug-likeness (QED) is 0.496. The molecule has 1 unspecified atom stereocenters. The van der Waals surface area contributed by atoms with Gasteiger partial charge in [0.1, 0.15) is 0 Å². The van der Waals surface area contributed by atoms with Gasteiger partial charge in [0, 0.05) is 11.6 Å². The van der Waals surface area contributed by atoms with Crippen molar-refractivity contribution in [3.63, 3.8) is 0 Å². The normalized spacial score (nSPS) is 25.6. The fourth-order valence-electron chi connectivity index (χ4n) is 1.60. The summed E-state index contributed by atoms with van der Waals surface area (Å²) in [5.41, 5.74) is 1.64. The van der Waals surface area contributed by atoms with E-state index in [1.54, 1.807) is 0 Å². The van der Waals surface area contributed by atoms with Gasteiger partial charge in [0.2, 0.25) is 0 Å². The van der Waals surface area contributed by atoms with Gasteiger partial charge in [-0.15, -0.1) is 0 Å². The van der Waals surface area contributed by atoms with E-state index in [2.05, 4.69) is 62.1 Å². The van der Waals surface area contributed by atoms with Crippen LogP contribution in [0.3, 0.4) is 0 Å². The van der Waals surface area contributed by atoms with E-state index in [0.29, 0.717) is 6.04 Å². The van der Waals surface area contributed by atoms with Crippen LogP contribution in [-0.4, -0.2) is 16.8 Å². The molecule has 13 heavy (non-hydrogen) atoms. The van der Waals surface area contributed by atoms with E-state index in [-0.39, 0.29) is 5.41 Å². The van der Waals surface area contributed by atoms with Crippen molar-refractivity contribution >= 4 is 6.21 Å². The van der Waals surface area contributed by atoms with Gasteiger partial charge in [-0.3, -0.25) is 0 Å². The van der Waals surface area contributed by atoms with E-state index in [1.165, 1.54) is 5.57 Å². The van der Waals surface area contributed by atoms with Gasteiger partial charge in [0.05, 0.1) is 0 Å². The summed E-state index contributed by atoms with van der Waals surface area (Å²) in [6.07, 6.45) is 13.2. The number of fused-ring (bicyclic) bond motifs is 1. The molecule has 0 radical (unpaired) electrons. The summed E-state index contributed by atoms with van der Waals surface area (Å²) < 4.78 is 2.25. The number of hydrogen-bond donors (Lipinski definition) is 0. The highest BCUT2D eigenvalue weighted by Gasteiger charge is 2.26. The average Bonchev–Trinajstić information content (AvgIpc) is 2.47. The zero-order chi connectivity index (χ0) is 9.47. The minimum absolute atomic E-state index is 0.248. The van der Waals surface area contributed by atoms with Gasteiger partial charge < -0.3 is 0 Å². The molecule has 0 aromatic rings. The molecule has 0 aromatic carbocycles. The maximum atomic E-state index is 2.25. The number of nitrogens with zero attached hydrogens (tertiary/aromatic N) is 1. The first kappa shape index (κ1) is 8.49. The molecule has 0 saturated carbocycles. The van der Waals surface area contributed by atoms with Gasteiger partial charge in [0.15, 0.2) is 18.5 Å². The Morgan fingerprint density at radius 2 is 2.00 bits per heavy atom. The molecule has 2 aliphatic rings. The summed E-state index contributed by atoms with van der Waals surface area (Å²) in [6.45, 7) is 6.73. The molecular weight excluding hydrogens is 158 g/mol. The molecular formula is C12H16N+. The molecule has 0 saturated heterocycles. The molecule has 0 aromatic heterocycles. The summed E-state index contributed by atoms with van der Waals surface area (Å²) in [7, 11) is 0. The van der Waals surface area contributed by atoms with Crippen LogP contribution in [0.1, 0.15) is 20.8 Å². The van der Waals surface area contributed by atoms with E-state index >= 15 is 0 Å². The van der Waals surface area contributed by atoms with Crippen molar-refractivity contribution in [1.82, 2.24) is 0 Å². The number of allylic oxidation sites excluding steroid dienone is 3. The van der Waals surface area contributed by atoms with Crippen LogP contribution in [0.25, 0.3) is 0 Å². The van der Waals surface area contributed by atoms with Crippen molar-refractivity contribution in [3.05, 3.63) is 36.1 Å². The molecule has 0 aliphatic carbocycles. The van der Waals surface area contributed by atoms with E-state index in [9.17, 15) is 0 Å². The Balaban J connectivity index is 2.32. The third kappa shape index (κ3) is 1.51. The highest BCUT2D eigenvalue weighted by Crippen LogP contribution is 2.29. The lowest BCUT2D eigenvalue weighted by Gasteiger charge is -2.21. The van der Waals surface area contributed by atoms with Crippen LogP contribution in [0.4, 0.5) is 0 Å². The Kier molecular flexibility index (Phi) is 1.76. The van der Waals surface area contributed by atoms with Gasteiger partial charge in [-0.25, -0.2) is 0 Å². The lowest BCUT2D eigenvalue weighted by Crippen LogP contribution is -2.21. The molecule has 68 valence electrons. The van der Waals surface area contributed by atoms with Gasteiger partial charge >= 0.3 is 0 Å². The number of rotatable bonds is 0. The first-order valence-electron chi connectivity index (χ1n) is 4.77. The topological polar surface area (TPSA) is 3.01 Å². The number of hydrogen-bond acceptors (Lipinski definition) is 0. The van der Waals surface area contributed by atoms with Crippen LogP contribution in [0.15, 0.2) is 36.1 Å². The fourth-order valence-corrected chi connectivity index (χ4v) is 1.60. The smallest absolute Gasteiger partial charge is 0.195 e. The molecule has 0 bridgehead atoms. The molecule has 0 spiro atoms. The third-order valence-corrected chi connectivity index (χ3v) is 2.54. The molecule has 1 atom stereocenters. The Morgan fingerprint density at radius 1 is 1.23 bits per heavy atom. The molecule has 0 fully saturated rings. The Bertz CT molecular complexity index is 335. The highest BCUT2D eigenvalue weighted by atomic mass is 15.0. The molecule has 1 heteroatoms. The summed E-state index contributed by atoms with van der Waals surface area (Å²) >= 11 is 0. The van der Waals surface area contributed by atoms with E-state index < -0.39 is 0 Å². The zero-order valence-corrected chi connectivity index (χ0v) is 8.49. The molecule has 2 aliphatic heterocycles. The Morgan fingerprint density at radius 3 is 2.69 bits per heavy atom. The van der Waals surface area contributed by atoms with E-state index in [0.717, 1.165) is 0 Å². The van der Waals surface area contributed by atoms with Crippen molar-refractivity contribution in [2.24, 2.45) is 5.41 Å². The van der Waals surface area contributed by atoms with E-state index in [1.807, 2.05) is 0 Å². The van der Waals surface area contributed by atoms with E-state index in [4.69, 9.17) is 0 Å². The first-order chi connectivity index (χ1) is 6.07. The van der Waals surface area contributed by atoms with Gasteiger partial charge in [-0.05, 0) is 23.6 Å². The predicted molar refractivity (Wildman–Crippen MR) is 55.9 cm³/mol. The van der Waals surface area contributed by atoms with Crippen LogP contribution in [-0.2, 0) is 0 Å². The van der Waals surface area contributed by atoms with Gasteiger partial charge in [0.25, 0.3) is 0 Å². The lowest BCUT2D eigenvalue weighted by molar-refractivity contribution is -0.467. The summed E-state index contributed by atoms with van der Waals surface area (Å²) in [6, 6.07) is 0.464. The monoisotopic (exact) mass is 174 g/mol. The fraction of sp³-hybridized carbons (Fsp3) is 0.417. The summed E-state index contributed by atoms with van der Waals surface area (Å²) in [4.78, 5) is 0. The molecule has 0 N–H and O–H groups in total. The first-order valence-corrected chi connectivity index (χ1v) is 4.77. The van der Waals surface area contributed by atoms with Gasteiger partial charge in [-0.2, -0.15) is 4.58 Å². The minimum Gasteiger partial charge on any atom is -0.195 e. The Labute approximate surface area is 79.8 Å². The minimum atomic E-state index is 0.248. The van der Waals surface area contributed by atoms with Crippen LogP contribution in [0.2, 0.25) is 0 Å². The predicted octanol–water partition coefficient (Wildman–Crippen LogP) is 2.51. The second-order valence-corrected chi connectivity index (χ2v) is 4.67. The highest BCUT2D eigenvalue weighted by molar-refractivity contribution is 5.69. The van der Waals surface area contributed by atoms with Crippen molar-refractivity contribution in [2.75, 3.05) is 0 Å². The van der Waals surface area contributed by atoms with Crippen molar-refractivity contribution < 1.29 is 4.58 Å². The molecule has 1 nitrogen and oxygen atoms in total. The lowest BCUT2D eigenvalue weighted by atomic mass is 9.85. The van der Waals surface area contributed by atoms with Gasteiger partial charge in [-0.1, -0.05) is 20.8 Å². The van der Waals surface area contributed by atoms with Crippen LogP contribution in [0, 0.1) is 5.41 Å². The van der Waals surface area contributed by atoms with Crippen molar-refractivity contribution in [1.29, 1.82) is 0 Å². The zero-order valence-electron chi connectivity index (χ0n) is 8.49. The molecule has 2 heterocycles. The second-order valence-electron chi connectivity index (χ2n) is 4.67. The van der Waals surface area contributed by atoms with Crippen LogP contribution < -0.4 is 0 Å².